The van der Waals surface area contributed by atoms with Crippen molar-refractivity contribution >= 4 is 17.3 Å². The number of rotatable bonds is 2. The summed E-state index contributed by atoms with van der Waals surface area (Å²) in [4.78, 5) is 14.2. The number of hydrogen-bond acceptors (Lipinski definition) is 2. The van der Waals surface area contributed by atoms with Crippen molar-refractivity contribution in [2.75, 3.05) is 23.8 Å². The molecule has 1 aliphatic rings. The third-order valence-electron chi connectivity index (χ3n) is 3.74. The van der Waals surface area contributed by atoms with Gasteiger partial charge in [-0.25, -0.2) is 0 Å². The predicted molar refractivity (Wildman–Crippen MR) is 82.4 cm³/mol. The van der Waals surface area contributed by atoms with E-state index in [-0.39, 0.29) is 5.91 Å². The lowest BCUT2D eigenvalue weighted by atomic mass is 10.0. The van der Waals surface area contributed by atoms with E-state index in [4.69, 9.17) is 0 Å². The maximum absolute atomic E-state index is 12.5. The van der Waals surface area contributed by atoms with Gasteiger partial charge < -0.3 is 10.2 Å². The van der Waals surface area contributed by atoms with Crippen LogP contribution in [0.15, 0.2) is 48.5 Å². The van der Waals surface area contributed by atoms with Crippen molar-refractivity contribution in [3.05, 3.63) is 59.7 Å². The zero-order chi connectivity index (χ0) is 13.9. The number of nitrogens with zero attached hydrogens (tertiary/aromatic N) is 1. The largest absolute Gasteiger partial charge is 0.385 e. The minimum atomic E-state index is 0.0320. The number of aryl methyl sites for hydroxylation is 1. The fourth-order valence-corrected chi connectivity index (χ4v) is 2.57. The molecule has 2 aromatic carbocycles. The molecular formula is C17H18N2O. The Hall–Kier alpha value is -2.29. The van der Waals surface area contributed by atoms with Crippen molar-refractivity contribution < 1.29 is 4.79 Å². The second kappa shape index (κ2) is 5.37. The molecule has 0 bridgehead atoms. The molecule has 0 aromatic heterocycles. The van der Waals surface area contributed by atoms with Crippen molar-refractivity contribution in [1.29, 1.82) is 0 Å². The first-order valence-electron chi connectivity index (χ1n) is 6.95. The number of carbonyl (C=O) groups excluding carboxylic acids is 1. The van der Waals surface area contributed by atoms with Gasteiger partial charge in [-0.2, -0.15) is 0 Å². The van der Waals surface area contributed by atoms with Gasteiger partial charge in [0, 0.05) is 30.5 Å². The van der Waals surface area contributed by atoms with E-state index >= 15 is 0 Å². The van der Waals surface area contributed by atoms with Crippen molar-refractivity contribution in [2.24, 2.45) is 0 Å². The van der Waals surface area contributed by atoms with E-state index in [0.717, 1.165) is 36.3 Å². The predicted octanol–water partition coefficient (Wildman–Crippen LogP) is 3.32. The molecule has 0 saturated heterocycles. The summed E-state index contributed by atoms with van der Waals surface area (Å²) in [5, 5.41) is 3.36. The van der Waals surface area contributed by atoms with Gasteiger partial charge in [-0.05, 0) is 48.7 Å². The molecular weight excluding hydrogens is 248 g/mol. The maximum atomic E-state index is 12.5. The van der Waals surface area contributed by atoms with E-state index in [9.17, 15) is 4.79 Å². The molecule has 0 radical (unpaired) electrons. The number of amides is 1. The van der Waals surface area contributed by atoms with Gasteiger partial charge in [0.15, 0.2) is 0 Å². The van der Waals surface area contributed by atoms with Crippen LogP contribution in [0.5, 0.6) is 0 Å². The van der Waals surface area contributed by atoms with Gasteiger partial charge in [0.25, 0.3) is 5.91 Å². The van der Waals surface area contributed by atoms with Crippen molar-refractivity contribution in [3.8, 4) is 0 Å². The van der Waals surface area contributed by atoms with Crippen LogP contribution in [-0.2, 0) is 6.42 Å². The Labute approximate surface area is 119 Å². The average molecular weight is 266 g/mol. The highest BCUT2D eigenvalue weighted by Crippen LogP contribution is 2.24. The van der Waals surface area contributed by atoms with Crippen LogP contribution in [0.25, 0.3) is 0 Å². The highest BCUT2D eigenvalue weighted by Gasteiger charge is 2.16. The van der Waals surface area contributed by atoms with E-state index < -0.39 is 0 Å². The van der Waals surface area contributed by atoms with Crippen LogP contribution in [0.3, 0.4) is 0 Å². The number of benzene rings is 2. The number of fused-ring (bicyclic) bond motifs is 1. The fourth-order valence-electron chi connectivity index (χ4n) is 2.57. The fraction of sp³-hybridized carbons (Fsp3) is 0.235. The zero-order valence-electron chi connectivity index (χ0n) is 11.6. The molecule has 0 aliphatic carbocycles. The molecule has 3 nitrogen and oxygen atoms in total. The van der Waals surface area contributed by atoms with Gasteiger partial charge in [0.1, 0.15) is 0 Å². The van der Waals surface area contributed by atoms with Gasteiger partial charge in [-0.15, -0.1) is 0 Å². The zero-order valence-corrected chi connectivity index (χ0v) is 11.6. The molecule has 102 valence electrons. The summed E-state index contributed by atoms with van der Waals surface area (Å²) < 4.78 is 0. The lowest BCUT2D eigenvalue weighted by Crippen LogP contribution is -2.26. The number of carbonyl (C=O) groups is 1. The van der Waals surface area contributed by atoms with Gasteiger partial charge in [0.05, 0.1) is 0 Å². The van der Waals surface area contributed by atoms with Crippen molar-refractivity contribution in [3.63, 3.8) is 0 Å². The maximum Gasteiger partial charge on any atom is 0.258 e. The highest BCUT2D eigenvalue weighted by atomic mass is 16.2. The molecule has 0 spiro atoms. The summed E-state index contributed by atoms with van der Waals surface area (Å²) in [7, 11) is 1.81. The average Bonchev–Trinajstić information content (AvgIpc) is 2.54. The third-order valence-corrected chi connectivity index (χ3v) is 3.74. The molecule has 2 aromatic rings. The minimum Gasteiger partial charge on any atom is -0.385 e. The quantitative estimate of drug-likeness (QED) is 0.904. The summed E-state index contributed by atoms with van der Waals surface area (Å²) in [6.45, 7) is 1.02. The van der Waals surface area contributed by atoms with Crippen LogP contribution in [0.4, 0.5) is 11.4 Å². The van der Waals surface area contributed by atoms with Gasteiger partial charge in [0.2, 0.25) is 0 Å². The Morgan fingerprint density at radius 1 is 1.15 bits per heavy atom. The summed E-state index contributed by atoms with van der Waals surface area (Å²) >= 11 is 0. The van der Waals surface area contributed by atoms with Gasteiger partial charge in [-0.1, -0.05) is 18.2 Å². The molecule has 0 unspecified atom stereocenters. The standard InChI is InChI=1S/C17H18N2O/c1-19(15-7-3-2-4-8-15)17(20)14-9-10-16-13(12-14)6-5-11-18-16/h2-4,7-10,12,18H,5-6,11H2,1H3. The molecule has 1 N–H and O–H groups in total. The lowest BCUT2D eigenvalue weighted by molar-refractivity contribution is 0.0993. The topological polar surface area (TPSA) is 32.3 Å². The van der Waals surface area contributed by atoms with Crippen LogP contribution < -0.4 is 10.2 Å². The molecule has 3 heteroatoms. The van der Waals surface area contributed by atoms with Crippen LogP contribution in [-0.4, -0.2) is 19.5 Å². The van der Waals surface area contributed by atoms with Crippen molar-refractivity contribution in [2.45, 2.75) is 12.8 Å². The second-order valence-corrected chi connectivity index (χ2v) is 5.10. The van der Waals surface area contributed by atoms with E-state index in [1.165, 1.54) is 5.56 Å². The van der Waals surface area contributed by atoms with E-state index in [1.807, 2.05) is 55.6 Å². The summed E-state index contributed by atoms with van der Waals surface area (Å²) in [5.74, 6) is 0.0320. The Kier molecular flexibility index (Phi) is 3.42. The van der Waals surface area contributed by atoms with E-state index in [0.29, 0.717) is 0 Å². The monoisotopic (exact) mass is 266 g/mol. The second-order valence-electron chi connectivity index (χ2n) is 5.10. The van der Waals surface area contributed by atoms with Gasteiger partial charge in [-0.3, -0.25) is 4.79 Å². The Balaban J connectivity index is 1.87. The SMILES string of the molecule is CN(C(=O)c1ccc2c(c1)CCCN2)c1ccccc1. The van der Waals surface area contributed by atoms with E-state index in [1.54, 1.807) is 4.90 Å². The first-order valence-corrected chi connectivity index (χ1v) is 6.95. The number of anilines is 2. The molecule has 0 atom stereocenters. The van der Waals surface area contributed by atoms with Crippen molar-refractivity contribution in [1.82, 2.24) is 0 Å². The first kappa shape index (κ1) is 12.7. The Morgan fingerprint density at radius 2 is 1.95 bits per heavy atom. The number of para-hydroxylation sites is 1. The third kappa shape index (κ3) is 2.39. The van der Waals surface area contributed by atoms with Crippen LogP contribution in [0.2, 0.25) is 0 Å². The lowest BCUT2D eigenvalue weighted by Gasteiger charge is -2.21. The highest BCUT2D eigenvalue weighted by molar-refractivity contribution is 6.06. The molecule has 1 amide bonds. The minimum absolute atomic E-state index is 0.0320. The normalized spacial score (nSPS) is 13.2. The summed E-state index contributed by atoms with van der Waals surface area (Å²) in [5.41, 5.74) is 4.06. The molecule has 0 fully saturated rings. The molecule has 0 saturated carbocycles. The molecule has 20 heavy (non-hydrogen) atoms. The van der Waals surface area contributed by atoms with Gasteiger partial charge >= 0.3 is 0 Å². The first-order chi connectivity index (χ1) is 9.75. The summed E-state index contributed by atoms with van der Waals surface area (Å²) in [6.07, 6.45) is 2.16. The summed E-state index contributed by atoms with van der Waals surface area (Å²) in [6, 6.07) is 15.6. The van der Waals surface area contributed by atoms with E-state index in [2.05, 4.69) is 5.32 Å². The Bertz CT molecular complexity index is 622. The van der Waals surface area contributed by atoms with Crippen LogP contribution >= 0.6 is 0 Å². The molecule has 1 aliphatic heterocycles. The number of hydrogen-bond donors (Lipinski definition) is 1. The number of nitrogens with one attached hydrogen (secondary N) is 1. The Morgan fingerprint density at radius 3 is 2.75 bits per heavy atom. The van der Waals surface area contributed by atoms with Crippen LogP contribution in [0, 0.1) is 0 Å². The van der Waals surface area contributed by atoms with Crippen LogP contribution in [0.1, 0.15) is 22.3 Å². The molecule has 1 heterocycles. The smallest absolute Gasteiger partial charge is 0.258 e. The molecule has 3 rings (SSSR count).